The van der Waals surface area contributed by atoms with E-state index in [2.05, 4.69) is 109 Å². The second kappa shape index (κ2) is 9.98. The lowest BCUT2D eigenvalue weighted by atomic mass is 9.98. The van der Waals surface area contributed by atoms with E-state index < -0.39 is 0 Å². The van der Waals surface area contributed by atoms with Crippen LogP contribution in [0.1, 0.15) is 66.9 Å². The number of nitrogens with one attached hydrogen (secondary N) is 1. The number of piperazine rings is 1. The highest BCUT2D eigenvalue weighted by Gasteiger charge is 2.36. The third-order valence-electron chi connectivity index (χ3n) is 8.34. The minimum Gasteiger partial charge on any atom is -0.369 e. The number of rotatable bonds is 6. The average Bonchev–Trinajstić information content (AvgIpc) is 3.38. The van der Waals surface area contributed by atoms with Gasteiger partial charge in [-0.05, 0) is 110 Å². The Bertz CT molecular complexity index is 1530. The third kappa shape index (κ3) is 4.73. The van der Waals surface area contributed by atoms with Crippen LogP contribution in [0.3, 0.4) is 0 Å². The van der Waals surface area contributed by atoms with Crippen molar-refractivity contribution in [3.8, 4) is 0 Å². The van der Waals surface area contributed by atoms with E-state index in [1.807, 2.05) is 10.7 Å². The van der Waals surface area contributed by atoms with E-state index in [9.17, 15) is 4.79 Å². The zero-order valence-corrected chi connectivity index (χ0v) is 23.7. The molecule has 1 atom stereocenters. The summed E-state index contributed by atoms with van der Waals surface area (Å²) in [6, 6.07) is 12.5. The quantitative estimate of drug-likeness (QED) is 0.399. The lowest BCUT2D eigenvalue weighted by molar-refractivity contribution is 0.186. The van der Waals surface area contributed by atoms with Gasteiger partial charge in [0.05, 0.1) is 5.54 Å². The van der Waals surface area contributed by atoms with E-state index >= 15 is 0 Å². The van der Waals surface area contributed by atoms with Crippen LogP contribution in [0.5, 0.6) is 0 Å². The van der Waals surface area contributed by atoms with Gasteiger partial charge in [0, 0.05) is 42.9 Å². The smallest absolute Gasteiger partial charge is 0.253 e. The first-order valence-electron chi connectivity index (χ1n) is 13.6. The summed E-state index contributed by atoms with van der Waals surface area (Å²) in [6.07, 6.45) is 0.866. The van der Waals surface area contributed by atoms with Gasteiger partial charge in [-0.1, -0.05) is 19.1 Å². The van der Waals surface area contributed by atoms with Gasteiger partial charge in [0.1, 0.15) is 6.04 Å². The predicted molar refractivity (Wildman–Crippen MR) is 153 cm³/mol. The maximum Gasteiger partial charge on any atom is 0.253 e. The molecular formula is C30H39N7O. The van der Waals surface area contributed by atoms with E-state index in [1.54, 1.807) is 0 Å². The second-order valence-corrected chi connectivity index (χ2v) is 11.4. The van der Waals surface area contributed by atoms with Crippen LogP contribution in [-0.2, 0) is 5.54 Å². The van der Waals surface area contributed by atoms with Crippen molar-refractivity contribution < 1.29 is 0 Å². The van der Waals surface area contributed by atoms with Crippen molar-refractivity contribution in [1.29, 1.82) is 0 Å². The summed E-state index contributed by atoms with van der Waals surface area (Å²) in [6.45, 7) is 18.2. The Balaban J connectivity index is 1.58. The van der Waals surface area contributed by atoms with Gasteiger partial charge in [-0.15, -0.1) is 5.10 Å². The van der Waals surface area contributed by atoms with Gasteiger partial charge >= 0.3 is 0 Å². The number of fused-ring (bicyclic) bond motifs is 1. The monoisotopic (exact) mass is 513 g/mol. The second-order valence-electron chi connectivity index (χ2n) is 11.4. The summed E-state index contributed by atoms with van der Waals surface area (Å²) in [5.74, 6) is 0.714. The first-order valence-corrected chi connectivity index (χ1v) is 13.6. The molecule has 8 heteroatoms. The highest BCUT2D eigenvalue weighted by atomic mass is 16.1. The SMILES string of the molecule is CCC(C)(C)n1nnnc1[C@H](c1cc2cc(C)c(C)cc2[nH]c1=O)N1CCN(c2cc(C)ccc2C)CC1. The molecule has 5 rings (SSSR count). The number of aromatic nitrogens is 5. The molecule has 0 aliphatic carbocycles. The van der Waals surface area contributed by atoms with Gasteiger partial charge in [0.25, 0.3) is 5.56 Å². The standard InChI is InChI=1S/C30H39N7O/c1-8-30(6,7)37-28(32-33-34-37)27(24-18-23-16-21(4)22(5)17-25(23)31-29(24)38)36-13-11-35(12-14-36)26-15-19(2)9-10-20(26)3/h9-10,15-18,27H,8,11-14H2,1-7H3,(H,31,38)/t27-/m0/s1. The molecule has 1 N–H and O–H groups in total. The zero-order valence-electron chi connectivity index (χ0n) is 23.7. The Hall–Kier alpha value is -3.52. The maximum absolute atomic E-state index is 13.6. The lowest BCUT2D eigenvalue weighted by Crippen LogP contribution is -2.49. The highest BCUT2D eigenvalue weighted by molar-refractivity contribution is 5.81. The van der Waals surface area contributed by atoms with Crippen LogP contribution in [-0.4, -0.2) is 56.3 Å². The number of aryl methyl sites for hydroxylation is 4. The molecular weight excluding hydrogens is 474 g/mol. The van der Waals surface area contributed by atoms with Crippen LogP contribution in [0.25, 0.3) is 10.9 Å². The Kier molecular flexibility index (Phi) is 6.86. The molecule has 200 valence electrons. The number of tetrazole rings is 1. The third-order valence-corrected chi connectivity index (χ3v) is 8.34. The van der Waals surface area contributed by atoms with Crippen molar-refractivity contribution in [3.63, 3.8) is 0 Å². The lowest BCUT2D eigenvalue weighted by Gasteiger charge is -2.40. The molecule has 38 heavy (non-hydrogen) atoms. The van der Waals surface area contributed by atoms with Crippen molar-refractivity contribution in [2.45, 2.75) is 66.5 Å². The fraction of sp³-hybridized carbons (Fsp3) is 0.467. The Morgan fingerprint density at radius 2 is 1.66 bits per heavy atom. The highest BCUT2D eigenvalue weighted by Crippen LogP contribution is 2.32. The maximum atomic E-state index is 13.6. The minimum atomic E-state index is -0.355. The predicted octanol–water partition coefficient (Wildman–Crippen LogP) is 4.80. The normalized spacial score (nSPS) is 15.8. The van der Waals surface area contributed by atoms with Crippen LogP contribution in [0.2, 0.25) is 0 Å². The molecule has 0 amide bonds. The van der Waals surface area contributed by atoms with Gasteiger partial charge < -0.3 is 9.88 Å². The number of benzene rings is 2. The fourth-order valence-corrected chi connectivity index (χ4v) is 5.42. The van der Waals surface area contributed by atoms with E-state index in [-0.39, 0.29) is 17.1 Å². The Morgan fingerprint density at radius 3 is 2.37 bits per heavy atom. The van der Waals surface area contributed by atoms with Crippen LogP contribution < -0.4 is 10.5 Å². The Morgan fingerprint density at radius 1 is 0.947 bits per heavy atom. The molecule has 0 radical (unpaired) electrons. The molecule has 1 aliphatic rings. The molecule has 0 spiro atoms. The largest absolute Gasteiger partial charge is 0.369 e. The van der Waals surface area contributed by atoms with Crippen molar-refractivity contribution in [1.82, 2.24) is 30.1 Å². The Labute approximate surface area is 224 Å². The molecule has 8 nitrogen and oxygen atoms in total. The number of H-pyrrole nitrogens is 1. The van der Waals surface area contributed by atoms with E-state index in [0.29, 0.717) is 11.4 Å². The molecule has 2 aromatic heterocycles. The summed E-state index contributed by atoms with van der Waals surface area (Å²) in [7, 11) is 0. The van der Waals surface area contributed by atoms with Crippen molar-refractivity contribution in [2.75, 3.05) is 31.1 Å². The van der Waals surface area contributed by atoms with Crippen LogP contribution in [0.15, 0.2) is 41.2 Å². The molecule has 1 fully saturated rings. The molecule has 4 aromatic rings. The first kappa shape index (κ1) is 26.1. The number of hydrogen-bond donors (Lipinski definition) is 1. The summed E-state index contributed by atoms with van der Waals surface area (Å²) >= 11 is 0. The van der Waals surface area contributed by atoms with Crippen molar-refractivity contribution in [3.05, 3.63) is 80.4 Å². The molecule has 2 aromatic carbocycles. The van der Waals surface area contributed by atoms with Crippen LogP contribution in [0.4, 0.5) is 5.69 Å². The van der Waals surface area contributed by atoms with Gasteiger partial charge in [0.2, 0.25) is 0 Å². The van der Waals surface area contributed by atoms with Gasteiger partial charge in [-0.3, -0.25) is 9.69 Å². The number of pyridine rings is 1. The number of aromatic amines is 1. The van der Waals surface area contributed by atoms with Gasteiger partial charge in [0.15, 0.2) is 5.82 Å². The van der Waals surface area contributed by atoms with Crippen molar-refractivity contribution >= 4 is 16.6 Å². The molecule has 0 unspecified atom stereocenters. The number of anilines is 1. The van der Waals surface area contributed by atoms with E-state index in [0.717, 1.165) is 49.1 Å². The van der Waals surface area contributed by atoms with E-state index in [1.165, 1.54) is 22.4 Å². The summed E-state index contributed by atoms with van der Waals surface area (Å²) in [5, 5.41) is 14.1. The van der Waals surface area contributed by atoms with Crippen LogP contribution in [0, 0.1) is 27.7 Å². The molecule has 0 saturated carbocycles. The average molecular weight is 514 g/mol. The fourth-order valence-electron chi connectivity index (χ4n) is 5.42. The van der Waals surface area contributed by atoms with Crippen LogP contribution >= 0.6 is 0 Å². The van der Waals surface area contributed by atoms with Crippen molar-refractivity contribution in [2.24, 2.45) is 0 Å². The first-order chi connectivity index (χ1) is 18.1. The summed E-state index contributed by atoms with van der Waals surface area (Å²) < 4.78 is 1.92. The number of hydrogen-bond acceptors (Lipinski definition) is 6. The molecule has 0 bridgehead atoms. The summed E-state index contributed by atoms with van der Waals surface area (Å²) in [4.78, 5) is 21.6. The summed E-state index contributed by atoms with van der Waals surface area (Å²) in [5.41, 5.74) is 7.36. The van der Waals surface area contributed by atoms with E-state index in [4.69, 9.17) is 0 Å². The molecule has 1 saturated heterocycles. The van der Waals surface area contributed by atoms with Gasteiger partial charge in [-0.25, -0.2) is 4.68 Å². The zero-order chi connectivity index (χ0) is 27.2. The van der Waals surface area contributed by atoms with Gasteiger partial charge in [-0.2, -0.15) is 0 Å². The topological polar surface area (TPSA) is 82.9 Å². The number of nitrogens with zero attached hydrogens (tertiary/aromatic N) is 6. The molecule has 1 aliphatic heterocycles. The molecule has 3 heterocycles. The minimum absolute atomic E-state index is 0.0911.